The molecule has 0 aliphatic carbocycles. The maximum absolute atomic E-state index is 9.62. The average molecular weight is 336 g/mol. The van der Waals surface area contributed by atoms with Gasteiger partial charge >= 0.3 is 0 Å². The molecule has 0 spiro atoms. The normalized spacial score (nSPS) is 10.5. The zero-order chi connectivity index (χ0) is 11.4. The van der Waals surface area contributed by atoms with Gasteiger partial charge in [0.25, 0.3) is 0 Å². The van der Waals surface area contributed by atoms with Gasteiger partial charge in [0.15, 0.2) is 0 Å². The van der Waals surface area contributed by atoms with Gasteiger partial charge in [-0.15, -0.1) is 5.10 Å². The Kier molecular flexibility index (Phi) is 4.10. The number of hydrogen-bond donors (Lipinski definition) is 3. The van der Waals surface area contributed by atoms with Gasteiger partial charge in [0.1, 0.15) is 5.75 Å². The fraction of sp³-hybridized carbons (Fsp3) is 0. The Balaban J connectivity index is 3.05. The molecule has 0 saturated carbocycles. The van der Waals surface area contributed by atoms with Crippen LogP contribution in [0.4, 0.5) is 0 Å². The molecule has 0 saturated heterocycles. The quantitative estimate of drug-likeness (QED) is 0.434. The van der Waals surface area contributed by atoms with E-state index in [0.717, 1.165) is 4.47 Å². The molecule has 0 unspecified atom stereocenters. The molecule has 5 nitrogen and oxygen atoms in total. The molecular formula is C8H8Br2N4O. The van der Waals surface area contributed by atoms with Crippen LogP contribution in [-0.4, -0.2) is 17.3 Å². The van der Waals surface area contributed by atoms with Crippen molar-refractivity contribution in [2.45, 2.75) is 0 Å². The van der Waals surface area contributed by atoms with Crippen LogP contribution in [0.2, 0.25) is 0 Å². The van der Waals surface area contributed by atoms with Gasteiger partial charge in [-0.05, 0) is 28.1 Å². The third-order valence-electron chi connectivity index (χ3n) is 1.43. The third kappa shape index (κ3) is 3.52. The summed E-state index contributed by atoms with van der Waals surface area (Å²) < 4.78 is 1.36. The van der Waals surface area contributed by atoms with Gasteiger partial charge in [-0.25, -0.2) is 0 Å². The second-order valence-corrected chi connectivity index (χ2v) is 4.36. The molecule has 0 aliphatic heterocycles. The van der Waals surface area contributed by atoms with E-state index in [0.29, 0.717) is 10.0 Å². The lowest BCUT2D eigenvalue weighted by atomic mass is 10.2. The molecule has 0 bridgehead atoms. The lowest BCUT2D eigenvalue weighted by Gasteiger charge is -2.01. The molecular weight excluding hydrogens is 328 g/mol. The van der Waals surface area contributed by atoms with Gasteiger partial charge in [-0.2, -0.15) is 5.10 Å². The summed E-state index contributed by atoms with van der Waals surface area (Å²) in [5, 5.41) is 16.6. The van der Waals surface area contributed by atoms with E-state index >= 15 is 0 Å². The zero-order valence-electron chi connectivity index (χ0n) is 7.48. The van der Waals surface area contributed by atoms with E-state index in [1.807, 2.05) is 0 Å². The minimum atomic E-state index is -0.139. The largest absolute Gasteiger partial charge is 0.506 e. The van der Waals surface area contributed by atoms with E-state index in [4.69, 9.17) is 11.5 Å². The summed E-state index contributed by atoms with van der Waals surface area (Å²) in [4.78, 5) is 0. The number of aromatic hydroxyl groups is 1. The molecule has 0 amide bonds. The number of benzene rings is 1. The van der Waals surface area contributed by atoms with Crippen molar-refractivity contribution < 1.29 is 5.11 Å². The van der Waals surface area contributed by atoms with Crippen molar-refractivity contribution in [3.05, 3.63) is 26.6 Å². The number of phenols is 1. The fourth-order valence-electron chi connectivity index (χ4n) is 0.842. The van der Waals surface area contributed by atoms with Crippen LogP contribution >= 0.6 is 31.9 Å². The summed E-state index contributed by atoms with van der Waals surface area (Å²) >= 11 is 6.47. The molecule has 0 aliphatic rings. The second-order valence-electron chi connectivity index (χ2n) is 2.59. The average Bonchev–Trinajstić information content (AvgIpc) is 2.12. The van der Waals surface area contributed by atoms with Crippen molar-refractivity contribution >= 4 is 44.0 Å². The topological polar surface area (TPSA) is 97.0 Å². The molecule has 5 N–H and O–H groups in total. The van der Waals surface area contributed by atoms with Crippen molar-refractivity contribution in [3.63, 3.8) is 0 Å². The molecule has 1 rings (SSSR count). The van der Waals surface area contributed by atoms with E-state index in [2.05, 4.69) is 42.1 Å². The standard InChI is InChI=1S/C8H8Br2N4O/c9-5-1-4(3-13-14-8(11)12)7(15)6(10)2-5/h1-3,15H,(H4,11,12,14). The Hall–Kier alpha value is -1.08. The monoisotopic (exact) mass is 334 g/mol. The first-order valence-electron chi connectivity index (χ1n) is 3.80. The highest BCUT2D eigenvalue weighted by Gasteiger charge is 2.04. The van der Waals surface area contributed by atoms with E-state index in [1.165, 1.54) is 6.21 Å². The van der Waals surface area contributed by atoms with Crippen LogP contribution in [0, 0.1) is 0 Å². The van der Waals surface area contributed by atoms with Crippen LogP contribution in [0.5, 0.6) is 5.75 Å². The lowest BCUT2D eigenvalue weighted by Crippen LogP contribution is -2.21. The first-order valence-corrected chi connectivity index (χ1v) is 5.39. The SMILES string of the molecule is NC(N)=NN=Cc1cc(Br)cc(Br)c1O. The summed E-state index contributed by atoms with van der Waals surface area (Å²) in [6.07, 6.45) is 1.35. The predicted molar refractivity (Wildman–Crippen MR) is 66.9 cm³/mol. The van der Waals surface area contributed by atoms with Gasteiger partial charge in [-0.3, -0.25) is 0 Å². The Morgan fingerprint density at radius 2 is 2.00 bits per heavy atom. The van der Waals surface area contributed by atoms with Crippen LogP contribution in [0.1, 0.15) is 5.56 Å². The lowest BCUT2D eigenvalue weighted by molar-refractivity contribution is 0.471. The zero-order valence-corrected chi connectivity index (χ0v) is 10.7. The first-order chi connectivity index (χ1) is 7.00. The minimum Gasteiger partial charge on any atom is -0.506 e. The number of nitrogens with two attached hydrogens (primary N) is 2. The highest BCUT2D eigenvalue weighted by Crippen LogP contribution is 2.30. The van der Waals surface area contributed by atoms with Crippen LogP contribution < -0.4 is 11.5 Å². The van der Waals surface area contributed by atoms with Crippen molar-refractivity contribution in [2.24, 2.45) is 21.7 Å². The van der Waals surface area contributed by atoms with E-state index in [-0.39, 0.29) is 11.7 Å². The van der Waals surface area contributed by atoms with Crippen LogP contribution in [0.15, 0.2) is 31.3 Å². The molecule has 0 atom stereocenters. The number of phenolic OH excluding ortho intramolecular Hbond substituents is 1. The number of hydrogen-bond acceptors (Lipinski definition) is 3. The number of halogens is 2. The minimum absolute atomic E-state index is 0.0766. The molecule has 7 heteroatoms. The van der Waals surface area contributed by atoms with Gasteiger partial charge in [0.2, 0.25) is 5.96 Å². The smallest absolute Gasteiger partial charge is 0.211 e. The molecule has 0 heterocycles. The van der Waals surface area contributed by atoms with Crippen molar-refractivity contribution in [2.75, 3.05) is 0 Å². The van der Waals surface area contributed by atoms with Gasteiger partial charge < -0.3 is 16.6 Å². The highest BCUT2D eigenvalue weighted by atomic mass is 79.9. The fourth-order valence-corrected chi connectivity index (χ4v) is 2.10. The van der Waals surface area contributed by atoms with Crippen molar-refractivity contribution in [3.8, 4) is 5.75 Å². The Bertz CT molecular complexity index is 427. The maximum Gasteiger partial charge on any atom is 0.211 e. The van der Waals surface area contributed by atoms with E-state index in [1.54, 1.807) is 12.1 Å². The van der Waals surface area contributed by atoms with E-state index < -0.39 is 0 Å². The van der Waals surface area contributed by atoms with Gasteiger partial charge in [0.05, 0.1) is 10.7 Å². The summed E-state index contributed by atoms with van der Waals surface area (Å²) in [5.41, 5.74) is 10.7. The number of rotatable bonds is 2. The van der Waals surface area contributed by atoms with Crippen LogP contribution in [-0.2, 0) is 0 Å². The Morgan fingerprint density at radius 3 is 2.60 bits per heavy atom. The van der Waals surface area contributed by atoms with E-state index in [9.17, 15) is 5.11 Å². The maximum atomic E-state index is 9.62. The second kappa shape index (κ2) is 5.13. The summed E-state index contributed by atoms with van der Waals surface area (Å²) in [6, 6.07) is 3.40. The summed E-state index contributed by atoms with van der Waals surface area (Å²) in [7, 11) is 0. The molecule has 1 aromatic rings. The first kappa shape index (κ1) is 12.0. The molecule has 0 fully saturated rings. The molecule has 0 aromatic heterocycles. The Morgan fingerprint density at radius 1 is 1.33 bits per heavy atom. The molecule has 15 heavy (non-hydrogen) atoms. The number of nitrogens with zero attached hydrogens (tertiary/aromatic N) is 2. The van der Waals surface area contributed by atoms with Crippen LogP contribution in [0.3, 0.4) is 0 Å². The Labute approximate surface area is 103 Å². The van der Waals surface area contributed by atoms with Crippen LogP contribution in [0.25, 0.3) is 0 Å². The summed E-state index contributed by atoms with van der Waals surface area (Å²) in [6.45, 7) is 0. The summed E-state index contributed by atoms with van der Waals surface area (Å²) in [5.74, 6) is -0.0625. The third-order valence-corrected chi connectivity index (χ3v) is 2.49. The predicted octanol–water partition coefficient (Wildman–Crippen LogP) is 1.52. The molecule has 80 valence electrons. The van der Waals surface area contributed by atoms with Gasteiger partial charge in [-0.1, -0.05) is 15.9 Å². The van der Waals surface area contributed by atoms with Gasteiger partial charge in [0, 0.05) is 10.0 Å². The molecule has 0 radical (unpaired) electrons. The van der Waals surface area contributed by atoms with Crippen molar-refractivity contribution in [1.29, 1.82) is 0 Å². The molecule has 1 aromatic carbocycles. The highest BCUT2D eigenvalue weighted by molar-refractivity contribution is 9.11. The van der Waals surface area contributed by atoms with Crippen molar-refractivity contribution in [1.82, 2.24) is 0 Å². The number of guanidine groups is 1.